The van der Waals surface area contributed by atoms with Gasteiger partial charge in [0.2, 0.25) is 5.16 Å². The minimum absolute atomic E-state index is 0.649. The number of thiazole rings is 1. The molecule has 0 bridgehead atoms. The van der Waals surface area contributed by atoms with E-state index in [1.807, 2.05) is 30.3 Å². The SMILES string of the molecule is Clc1cnc(Sc2nnnn2-c2ccccc2)s1. The van der Waals surface area contributed by atoms with Gasteiger partial charge in [-0.2, -0.15) is 4.68 Å². The summed E-state index contributed by atoms with van der Waals surface area (Å²) < 4.78 is 3.13. The van der Waals surface area contributed by atoms with Crippen LogP contribution in [0, 0.1) is 0 Å². The lowest BCUT2D eigenvalue weighted by atomic mass is 10.3. The third-order valence-electron chi connectivity index (χ3n) is 2.08. The van der Waals surface area contributed by atoms with Crippen LogP contribution in [0.4, 0.5) is 0 Å². The standard InChI is InChI=1S/C10H6ClN5S2/c11-8-6-12-10(17-8)18-9-13-14-15-16(9)7-4-2-1-3-5-7/h1-6H. The Kier molecular flexibility index (Phi) is 3.26. The van der Waals surface area contributed by atoms with E-state index in [-0.39, 0.29) is 0 Å². The van der Waals surface area contributed by atoms with E-state index < -0.39 is 0 Å². The molecule has 5 nitrogen and oxygen atoms in total. The van der Waals surface area contributed by atoms with Gasteiger partial charge in [-0.25, -0.2) is 4.98 Å². The Labute approximate surface area is 116 Å². The van der Waals surface area contributed by atoms with Gasteiger partial charge in [0.1, 0.15) is 4.34 Å². The largest absolute Gasteiger partial charge is 0.236 e. The van der Waals surface area contributed by atoms with Crippen molar-refractivity contribution in [2.24, 2.45) is 0 Å². The molecule has 2 heterocycles. The number of benzene rings is 1. The monoisotopic (exact) mass is 295 g/mol. The molecule has 0 saturated carbocycles. The number of para-hydroxylation sites is 1. The molecule has 0 spiro atoms. The lowest BCUT2D eigenvalue weighted by Crippen LogP contribution is -1.98. The van der Waals surface area contributed by atoms with Crippen molar-refractivity contribution in [1.82, 2.24) is 25.2 Å². The smallest absolute Gasteiger partial charge is 0.221 e. The molecule has 1 aromatic carbocycles. The number of halogens is 1. The molecular weight excluding hydrogens is 290 g/mol. The fourth-order valence-corrected chi connectivity index (χ4v) is 3.35. The first-order chi connectivity index (χ1) is 8.83. The number of hydrogen-bond acceptors (Lipinski definition) is 6. The molecule has 3 aromatic rings. The Balaban J connectivity index is 1.93. The third kappa shape index (κ3) is 2.38. The van der Waals surface area contributed by atoms with Gasteiger partial charge in [0.25, 0.3) is 0 Å². The van der Waals surface area contributed by atoms with Crippen LogP contribution in [0.1, 0.15) is 0 Å². The van der Waals surface area contributed by atoms with Crippen molar-refractivity contribution in [2.45, 2.75) is 9.50 Å². The van der Waals surface area contributed by atoms with Crippen molar-refractivity contribution < 1.29 is 0 Å². The molecule has 0 fully saturated rings. The molecule has 0 unspecified atom stereocenters. The van der Waals surface area contributed by atoms with E-state index in [0.29, 0.717) is 9.49 Å². The summed E-state index contributed by atoms with van der Waals surface area (Å²) in [6, 6.07) is 9.70. The van der Waals surface area contributed by atoms with E-state index in [1.54, 1.807) is 10.9 Å². The fourth-order valence-electron chi connectivity index (χ4n) is 1.34. The Hall–Kier alpha value is -1.44. The van der Waals surface area contributed by atoms with Crippen LogP contribution in [-0.2, 0) is 0 Å². The van der Waals surface area contributed by atoms with Crippen molar-refractivity contribution >= 4 is 34.7 Å². The van der Waals surface area contributed by atoms with Crippen LogP contribution < -0.4 is 0 Å². The van der Waals surface area contributed by atoms with Gasteiger partial charge in [-0.15, -0.1) is 5.10 Å². The third-order valence-corrected chi connectivity index (χ3v) is 4.20. The second-order valence-electron chi connectivity index (χ2n) is 3.24. The second-order valence-corrected chi connectivity index (χ2v) is 6.12. The lowest BCUT2D eigenvalue weighted by molar-refractivity contribution is 0.756. The van der Waals surface area contributed by atoms with E-state index in [1.165, 1.54) is 23.1 Å². The van der Waals surface area contributed by atoms with E-state index >= 15 is 0 Å². The number of nitrogens with zero attached hydrogens (tertiary/aromatic N) is 5. The zero-order chi connectivity index (χ0) is 12.4. The van der Waals surface area contributed by atoms with Gasteiger partial charge in [-0.05, 0) is 34.3 Å². The Morgan fingerprint density at radius 1 is 1.22 bits per heavy atom. The van der Waals surface area contributed by atoms with Crippen LogP contribution in [0.25, 0.3) is 5.69 Å². The van der Waals surface area contributed by atoms with E-state index in [0.717, 1.165) is 10.0 Å². The number of rotatable bonds is 3. The zero-order valence-electron chi connectivity index (χ0n) is 8.89. The molecule has 0 atom stereocenters. The molecule has 0 N–H and O–H groups in total. The molecular formula is C10H6ClN5S2. The molecule has 0 aliphatic carbocycles. The van der Waals surface area contributed by atoms with Crippen LogP contribution in [-0.4, -0.2) is 25.2 Å². The highest BCUT2D eigenvalue weighted by Gasteiger charge is 2.11. The first-order valence-corrected chi connectivity index (χ1v) is 6.97. The predicted molar refractivity (Wildman–Crippen MR) is 70.4 cm³/mol. The molecule has 90 valence electrons. The highest BCUT2D eigenvalue weighted by atomic mass is 35.5. The average Bonchev–Trinajstić information content (AvgIpc) is 3.00. The summed E-state index contributed by atoms with van der Waals surface area (Å²) in [5.74, 6) is 0. The van der Waals surface area contributed by atoms with Crippen LogP contribution >= 0.6 is 34.7 Å². The Bertz CT molecular complexity index is 651. The molecule has 0 aliphatic heterocycles. The van der Waals surface area contributed by atoms with Gasteiger partial charge in [0.15, 0.2) is 4.34 Å². The average molecular weight is 296 g/mol. The maximum atomic E-state index is 5.84. The van der Waals surface area contributed by atoms with Gasteiger partial charge in [0, 0.05) is 0 Å². The molecule has 18 heavy (non-hydrogen) atoms. The molecule has 0 saturated heterocycles. The summed E-state index contributed by atoms with van der Waals surface area (Å²) >= 11 is 8.63. The van der Waals surface area contributed by atoms with Crippen molar-refractivity contribution in [3.63, 3.8) is 0 Å². The predicted octanol–water partition coefficient (Wildman–Crippen LogP) is 2.92. The zero-order valence-corrected chi connectivity index (χ0v) is 11.3. The first kappa shape index (κ1) is 11.6. The van der Waals surface area contributed by atoms with Gasteiger partial charge in [-0.3, -0.25) is 0 Å². The first-order valence-electron chi connectivity index (χ1n) is 4.96. The molecule has 8 heteroatoms. The maximum absolute atomic E-state index is 5.84. The quantitative estimate of drug-likeness (QED) is 0.743. The Morgan fingerprint density at radius 2 is 2.06 bits per heavy atom. The summed E-state index contributed by atoms with van der Waals surface area (Å²) in [4.78, 5) is 4.17. The number of aromatic nitrogens is 5. The topological polar surface area (TPSA) is 56.5 Å². The molecule has 3 rings (SSSR count). The van der Waals surface area contributed by atoms with Crippen LogP contribution in [0.5, 0.6) is 0 Å². The second kappa shape index (κ2) is 5.05. The van der Waals surface area contributed by atoms with Crippen LogP contribution in [0.2, 0.25) is 4.34 Å². The van der Waals surface area contributed by atoms with Gasteiger partial charge >= 0.3 is 0 Å². The molecule has 2 aromatic heterocycles. The minimum Gasteiger partial charge on any atom is -0.236 e. The van der Waals surface area contributed by atoms with E-state index in [2.05, 4.69) is 20.5 Å². The van der Waals surface area contributed by atoms with Crippen LogP contribution in [0.15, 0.2) is 46.0 Å². The van der Waals surface area contributed by atoms with Crippen LogP contribution in [0.3, 0.4) is 0 Å². The van der Waals surface area contributed by atoms with Crippen molar-refractivity contribution in [3.05, 3.63) is 40.9 Å². The summed E-state index contributed by atoms with van der Waals surface area (Å²) in [7, 11) is 0. The van der Waals surface area contributed by atoms with Gasteiger partial charge < -0.3 is 0 Å². The minimum atomic E-state index is 0.649. The van der Waals surface area contributed by atoms with Crippen molar-refractivity contribution in [1.29, 1.82) is 0 Å². The number of tetrazole rings is 1. The lowest BCUT2D eigenvalue weighted by Gasteiger charge is -2.01. The van der Waals surface area contributed by atoms with Gasteiger partial charge in [-0.1, -0.05) is 41.1 Å². The van der Waals surface area contributed by atoms with E-state index in [9.17, 15) is 0 Å². The van der Waals surface area contributed by atoms with Crippen molar-refractivity contribution in [3.8, 4) is 5.69 Å². The fraction of sp³-hybridized carbons (Fsp3) is 0. The summed E-state index contributed by atoms with van der Waals surface area (Å²) in [5.41, 5.74) is 0.910. The maximum Gasteiger partial charge on any atom is 0.221 e. The Morgan fingerprint density at radius 3 is 2.78 bits per heavy atom. The number of hydrogen-bond donors (Lipinski definition) is 0. The van der Waals surface area contributed by atoms with E-state index in [4.69, 9.17) is 11.6 Å². The summed E-state index contributed by atoms with van der Waals surface area (Å²) in [6.45, 7) is 0. The normalized spacial score (nSPS) is 10.7. The van der Waals surface area contributed by atoms with Crippen molar-refractivity contribution in [2.75, 3.05) is 0 Å². The molecule has 0 aliphatic rings. The summed E-state index contributed by atoms with van der Waals surface area (Å²) in [6.07, 6.45) is 1.62. The summed E-state index contributed by atoms with van der Waals surface area (Å²) in [5, 5.41) is 12.3. The molecule has 0 radical (unpaired) electrons. The highest BCUT2D eigenvalue weighted by Crippen LogP contribution is 2.32. The van der Waals surface area contributed by atoms with Gasteiger partial charge in [0.05, 0.1) is 11.9 Å². The molecule has 0 amide bonds. The highest BCUT2D eigenvalue weighted by molar-refractivity contribution is 8.00.